The molecule has 1 aromatic rings. The summed E-state index contributed by atoms with van der Waals surface area (Å²) in [5.41, 5.74) is 0.971. The maximum Gasteiger partial charge on any atom is 0.0620 e. The van der Waals surface area contributed by atoms with Crippen LogP contribution in [0.2, 0.25) is 5.02 Å². The molecule has 4 radical (unpaired) electrons. The summed E-state index contributed by atoms with van der Waals surface area (Å²) in [4.78, 5) is 0. The van der Waals surface area contributed by atoms with Crippen molar-refractivity contribution >= 4 is 11.6 Å². The number of aryl methyl sites for hydroxylation is 1. The summed E-state index contributed by atoms with van der Waals surface area (Å²) in [7, 11) is 1.79. The molecule has 9 heavy (non-hydrogen) atoms. The zero-order chi connectivity index (χ0) is 7.02. The third kappa shape index (κ3) is 0.969. The zero-order valence-electron chi connectivity index (χ0n) is 5.06. The molecular formula is C7H6ClN. The van der Waals surface area contributed by atoms with Gasteiger partial charge in [0, 0.05) is 32.8 Å². The Balaban J connectivity index is 3.29. The van der Waals surface area contributed by atoms with Gasteiger partial charge in [0.1, 0.15) is 0 Å². The van der Waals surface area contributed by atoms with Crippen LogP contribution < -0.4 is 0 Å². The highest BCUT2D eigenvalue weighted by molar-refractivity contribution is 6.31. The molecule has 0 aliphatic carbocycles. The van der Waals surface area contributed by atoms with E-state index in [1.807, 2.05) is 0 Å². The third-order valence-corrected chi connectivity index (χ3v) is 1.52. The molecule has 1 nitrogen and oxygen atoms in total. The summed E-state index contributed by atoms with van der Waals surface area (Å²) in [6, 6.07) is 0. The van der Waals surface area contributed by atoms with Gasteiger partial charge in [-0.05, 0) is 5.56 Å². The molecule has 0 N–H and O–H groups in total. The van der Waals surface area contributed by atoms with Crippen molar-refractivity contribution in [3.05, 3.63) is 36.3 Å². The lowest BCUT2D eigenvalue weighted by molar-refractivity contribution is 0.902. The van der Waals surface area contributed by atoms with Crippen molar-refractivity contribution in [2.24, 2.45) is 7.05 Å². The molecule has 1 rings (SSSR count). The van der Waals surface area contributed by atoms with Crippen molar-refractivity contribution < 1.29 is 0 Å². The molecule has 1 heterocycles. The molecule has 0 aromatic carbocycles. The molecule has 46 valence electrons. The van der Waals surface area contributed by atoms with E-state index in [1.165, 1.54) is 0 Å². The number of rotatable bonds is 0. The Kier molecular flexibility index (Phi) is 1.54. The predicted molar refractivity (Wildman–Crippen MR) is 37.2 cm³/mol. The standard InChI is InChI=1S/C7H6ClN/c1-5-6(2)9(3)4-7(5)8/h1-2,4H,3H3. The summed E-state index contributed by atoms with van der Waals surface area (Å²) < 4.78 is 1.68. The molecule has 0 aliphatic rings. The van der Waals surface area contributed by atoms with Crippen LogP contribution in [0.15, 0.2) is 6.20 Å². The summed E-state index contributed by atoms with van der Waals surface area (Å²) in [5, 5.41) is 0.509. The summed E-state index contributed by atoms with van der Waals surface area (Å²) >= 11 is 5.61. The van der Waals surface area contributed by atoms with E-state index in [2.05, 4.69) is 0 Å². The molecule has 0 atom stereocenters. The Bertz CT molecular complexity index is 203. The van der Waals surface area contributed by atoms with Gasteiger partial charge in [0.15, 0.2) is 0 Å². The van der Waals surface area contributed by atoms with Crippen LogP contribution in [0.25, 0.3) is 0 Å². The van der Waals surface area contributed by atoms with Crippen molar-refractivity contribution in [2.75, 3.05) is 0 Å². The normalized spacial score (nSPS) is 10.2. The molecule has 0 unspecified atom stereocenters. The number of hydrogen-bond acceptors (Lipinski definition) is 0. The van der Waals surface area contributed by atoms with Gasteiger partial charge in [-0.3, -0.25) is 0 Å². The first kappa shape index (κ1) is 6.69. The first-order valence-electron chi connectivity index (χ1n) is 2.48. The second kappa shape index (κ2) is 2.07. The number of nitrogens with zero attached hydrogens (tertiary/aromatic N) is 1. The van der Waals surface area contributed by atoms with E-state index in [-0.39, 0.29) is 0 Å². The Morgan fingerprint density at radius 1 is 1.56 bits per heavy atom. The molecular weight excluding hydrogens is 134 g/mol. The second-order valence-corrected chi connectivity index (χ2v) is 2.29. The van der Waals surface area contributed by atoms with E-state index >= 15 is 0 Å². The molecule has 1 aromatic heterocycles. The molecule has 0 fully saturated rings. The Hall–Kier alpha value is -0.430. The van der Waals surface area contributed by atoms with E-state index < -0.39 is 0 Å². The van der Waals surface area contributed by atoms with Gasteiger partial charge in [0.05, 0.1) is 5.02 Å². The Labute approximate surface area is 60.2 Å². The molecule has 0 spiro atoms. The number of halogens is 1. The summed E-state index contributed by atoms with van der Waals surface area (Å²) in [5.74, 6) is 0. The van der Waals surface area contributed by atoms with E-state index in [4.69, 9.17) is 25.4 Å². The highest BCUT2D eigenvalue weighted by Crippen LogP contribution is 2.18. The first-order chi connectivity index (χ1) is 4.13. The monoisotopic (exact) mass is 139 g/mol. The van der Waals surface area contributed by atoms with Crippen molar-refractivity contribution in [3.8, 4) is 0 Å². The molecule has 0 saturated carbocycles. The van der Waals surface area contributed by atoms with Crippen LogP contribution in [0.4, 0.5) is 0 Å². The summed E-state index contributed by atoms with van der Waals surface area (Å²) in [6.07, 6.45) is 1.67. The van der Waals surface area contributed by atoms with Crippen molar-refractivity contribution in [3.63, 3.8) is 0 Å². The highest BCUT2D eigenvalue weighted by atomic mass is 35.5. The summed E-state index contributed by atoms with van der Waals surface area (Å²) in [6.45, 7) is 10.9. The van der Waals surface area contributed by atoms with Gasteiger partial charge < -0.3 is 4.57 Å². The van der Waals surface area contributed by atoms with E-state index in [0.717, 1.165) is 0 Å². The average molecular weight is 140 g/mol. The second-order valence-electron chi connectivity index (χ2n) is 1.89. The smallest absolute Gasteiger partial charge is 0.0620 e. The van der Waals surface area contributed by atoms with Crippen molar-refractivity contribution in [1.82, 2.24) is 4.57 Å². The van der Waals surface area contributed by atoms with Crippen LogP contribution in [-0.4, -0.2) is 4.57 Å². The minimum Gasteiger partial charge on any atom is -0.352 e. The van der Waals surface area contributed by atoms with Crippen LogP contribution in [0.5, 0.6) is 0 Å². The highest BCUT2D eigenvalue weighted by Gasteiger charge is 2.02. The van der Waals surface area contributed by atoms with Crippen LogP contribution >= 0.6 is 11.6 Å². The topological polar surface area (TPSA) is 4.93 Å². The minimum absolute atomic E-state index is 0.458. The fourth-order valence-electron chi connectivity index (χ4n) is 0.621. The number of hydrogen-bond donors (Lipinski definition) is 0. The maximum atomic E-state index is 5.61. The van der Waals surface area contributed by atoms with Crippen LogP contribution in [-0.2, 0) is 7.05 Å². The van der Waals surface area contributed by atoms with Gasteiger partial charge in [-0.25, -0.2) is 0 Å². The largest absolute Gasteiger partial charge is 0.352 e. The van der Waals surface area contributed by atoms with Gasteiger partial charge in [-0.2, -0.15) is 0 Å². The Morgan fingerprint density at radius 3 is 2.22 bits per heavy atom. The van der Waals surface area contributed by atoms with Crippen LogP contribution in [0.1, 0.15) is 11.3 Å². The van der Waals surface area contributed by atoms with E-state index in [9.17, 15) is 0 Å². The molecule has 2 heteroatoms. The van der Waals surface area contributed by atoms with Crippen molar-refractivity contribution in [1.29, 1.82) is 0 Å². The van der Waals surface area contributed by atoms with Gasteiger partial charge in [0.25, 0.3) is 0 Å². The third-order valence-electron chi connectivity index (χ3n) is 1.22. The Morgan fingerprint density at radius 2 is 2.11 bits per heavy atom. The minimum atomic E-state index is 0.458. The first-order valence-corrected chi connectivity index (χ1v) is 2.86. The van der Waals surface area contributed by atoms with Crippen LogP contribution in [0.3, 0.4) is 0 Å². The van der Waals surface area contributed by atoms with Crippen molar-refractivity contribution in [2.45, 2.75) is 0 Å². The molecule has 0 amide bonds. The zero-order valence-corrected chi connectivity index (χ0v) is 5.81. The van der Waals surface area contributed by atoms with E-state index in [0.29, 0.717) is 16.3 Å². The lowest BCUT2D eigenvalue weighted by atomic mass is 10.3. The number of aromatic nitrogens is 1. The average Bonchev–Trinajstić information content (AvgIpc) is 1.98. The van der Waals surface area contributed by atoms with Gasteiger partial charge >= 0.3 is 0 Å². The van der Waals surface area contributed by atoms with Gasteiger partial charge in [-0.15, -0.1) is 0 Å². The van der Waals surface area contributed by atoms with Gasteiger partial charge in [0.2, 0.25) is 0 Å². The fourth-order valence-corrected chi connectivity index (χ4v) is 0.865. The molecule has 0 saturated heterocycles. The fraction of sp³-hybridized carbons (Fsp3) is 0.143. The molecule has 0 aliphatic heterocycles. The quantitative estimate of drug-likeness (QED) is 0.517. The van der Waals surface area contributed by atoms with Crippen LogP contribution in [0, 0.1) is 13.8 Å². The van der Waals surface area contributed by atoms with E-state index in [1.54, 1.807) is 17.8 Å². The lowest BCUT2D eigenvalue weighted by Crippen LogP contribution is -1.87. The predicted octanol–water partition coefficient (Wildman–Crippen LogP) is 1.80. The maximum absolute atomic E-state index is 5.61. The van der Waals surface area contributed by atoms with Gasteiger partial charge in [-0.1, -0.05) is 11.6 Å². The molecule has 0 bridgehead atoms. The SMILES string of the molecule is [CH]c1c(Cl)cn(C)c1[CH]. The lowest BCUT2D eigenvalue weighted by Gasteiger charge is -1.92.